The SMILES string of the molecule is Cc1occc1-c1nnc(SCC(O)COC(C)C)n1C. The summed E-state index contributed by atoms with van der Waals surface area (Å²) in [4.78, 5) is 0. The van der Waals surface area contributed by atoms with E-state index in [-0.39, 0.29) is 6.10 Å². The summed E-state index contributed by atoms with van der Waals surface area (Å²) in [6.45, 7) is 6.12. The number of aliphatic hydroxyl groups excluding tert-OH is 1. The second kappa shape index (κ2) is 7.11. The Hall–Kier alpha value is -1.31. The first-order valence-electron chi connectivity index (χ1n) is 6.85. The minimum atomic E-state index is -0.520. The number of ether oxygens (including phenoxy) is 1. The summed E-state index contributed by atoms with van der Waals surface area (Å²) in [6, 6.07) is 1.87. The minimum Gasteiger partial charge on any atom is -0.469 e. The predicted molar refractivity (Wildman–Crippen MR) is 81.3 cm³/mol. The van der Waals surface area contributed by atoms with Crippen molar-refractivity contribution in [3.05, 3.63) is 18.1 Å². The van der Waals surface area contributed by atoms with Gasteiger partial charge in [0.2, 0.25) is 0 Å². The Morgan fingerprint density at radius 2 is 2.19 bits per heavy atom. The van der Waals surface area contributed by atoms with Gasteiger partial charge in [0.15, 0.2) is 11.0 Å². The van der Waals surface area contributed by atoms with E-state index in [1.807, 2.05) is 38.5 Å². The maximum atomic E-state index is 9.87. The second-order valence-electron chi connectivity index (χ2n) is 5.10. The zero-order chi connectivity index (χ0) is 15.4. The molecule has 0 aliphatic carbocycles. The molecule has 2 aromatic heterocycles. The Kier molecular flexibility index (Phi) is 5.44. The molecule has 0 amide bonds. The fourth-order valence-corrected chi connectivity index (χ4v) is 2.63. The zero-order valence-electron chi connectivity index (χ0n) is 12.7. The number of hydrogen-bond acceptors (Lipinski definition) is 6. The Bertz CT molecular complexity index is 580. The van der Waals surface area contributed by atoms with Crippen molar-refractivity contribution < 1.29 is 14.3 Å². The van der Waals surface area contributed by atoms with Crippen molar-refractivity contribution in [3.63, 3.8) is 0 Å². The summed E-state index contributed by atoms with van der Waals surface area (Å²) in [5, 5.41) is 19.0. The van der Waals surface area contributed by atoms with Crippen LogP contribution in [0, 0.1) is 6.92 Å². The van der Waals surface area contributed by atoms with Gasteiger partial charge in [-0.15, -0.1) is 10.2 Å². The van der Waals surface area contributed by atoms with Crippen LogP contribution in [0.1, 0.15) is 19.6 Å². The summed E-state index contributed by atoms with van der Waals surface area (Å²) >= 11 is 1.46. The van der Waals surface area contributed by atoms with Crippen molar-refractivity contribution in [2.75, 3.05) is 12.4 Å². The van der Waals surface area contributed by atoms with Gasteiger partial charge in [0.05, 0.1) is 30.6 Å². The first-order chi connectivity index (χ1) is 9.99. The van der Waals surface area contributed by atoms with Crippen molar-refractivity contribution in [2.24, 2.45) is 7.05 Å². The van der Waals surface area contributed by atoms with Crippen LogP contribution in [0.15, 0.2) is 21.9 Å². The number of furan rings is 1. The van der Waals surface area contributed by atoms with E-state index in [1.165, 1.54) is 11.8 Å². The number of aryl methyl sites for hydroxylation is 1. The Balaban J connectivity index is 1.96. The second-order valence-corrected chi connectivity index (χ2v) is 6.09. The monoisotopic (exact) mass is 311 g/mol. The molecule has 0 saturated heterocycles. The molecule has 0 spiro atoms. The van der Waals surface area contributed by atoms with Gasteiger partial charge in [0.1, 0.15) is 5.76 Å². The van der Waals surface area contributed by atoms with Gasteiger partial charge < -0.3 is 18.8 Å². The molecule has 0 fully saturated rings. The molecular weight excluding hydrogens is 290 g/mol. The molecule has 2 aromatic rings. The Morgan fingerprint density at radius 1 is 1.43 bits per heavy atom. The van der Waals surface area contributed by atoms with Crippen molar-refractivity contribution in [2.45, 2.75) is 38.1 Å². The Labute approximate surface area is 128 Å². The number of rotatable bonds is 7. The smallest absolute Gasteiger partial charge is 0.191 e. The summed E-state index contributed by atoms with van der Waals surface area (Å²) < 4.78 is 12.6. The maximum absolute atomic E-state index is 9.87. The summed E-state index contributed by atoms with van der Waals surface area (Å²) in [6.07, 6.45) is 1.24. The van der Waals surface area contributed by atoms with Gasteiger partial charge in [0, 0.05) is 12.8 Å². The number of aromatic nitrogens is 3. The predicted octanol–water partition coefficient (Wildman–Crippen LogP) is 2.26. The lowest BCUT2D eigenvalue weighted by molar-refractivity contribution is 0.0152. The molecule has 1 unspecified atom stereocenters. The third kappa shape index (κ3) is 4.09. The highest BCUT2D eigenvalue weighted by atomic mass is 32.2. The molecule has 6 nitrogen and oxygen atoms in total. The third-order valence-electron chi connectivity index (χ3n) is 2.96. The van der Waals surface area contributed by atoms with E-state index in [4.69, 9.17) is 9.15 Å². The lowest BCUT2D eigenvalue weighted by Gasteiger charge is -2.12. The van der Waals surface area contributed by atoms with Crippen LogP contribution >= 0.6 is 11.8 Å². The van der Waals surface area contributed by atoms with E-state index in [0.717, 1.165) is 22.3 Å². The number of thioether (sulfide) groups is 1. The average Bonchev–Trinajstić information content (AvgIpc) is 3.00. The quantitative estimate of drug-likeness (QED) is 0.791. The molecule has 0 aliphatic rings. The fourth-order valence-electron chi connectivity index (χ4n) is 1.81. The van der Waals surface area contributed by atoms with Gasteiger partial charge in [-0.1, -0.05) is 11.8 Å². The normalized spacial score (nSPS) is 13.0. The minimum absolute atomic E-state index is 0.121. The molecule has 21 heavy (non-hydrogen) atoms. The first kappa shape index (κ1) is 16.1. The molecule has 2 rings (SSSR count). The van der Waals surface area contributed by atoms with Crippen LogP contribution in [0.4, 0.5) is 0 Å². The first-order valence-corrected chi connectivity index (χ1v) is 7.84. The van der Waals surface area contributed by atoms with Crippen molar-refractivity contribution >= 4 is 11.8 Å². The lowest BCUT2D eigenvalue weighted by atomic mass is 10.2. The molecule has 0 bridgehead atoms. The van der Waals surface area contributed by atoms with E-state index in [1.54, 1.807) is 6.26 Å². The standard InChI is InChI=1S/C14H21N3O3S/c1-9(2)20-7-11(18)8-21-14-16-15-13(17(14)4)12-5-6-19-10(12)3/h5-6,9,11,18H,7-8H2,1-4H3. The number of aliphatic hydroxyl groups is 1. The summed E-state index contributed by atoms with van der Waals surface area (Å²) in [5.74, 6) is 2.09. The molecule has 116 valence electrons. The molecule has 1 N–H and O–H groups in total. The molecule has 0 aromatic carbocycles. The van der Waals surface area contributed by atoms with Crippen molar-refractivity contribution in [3.8, 4) is 11.4 Å². The van der Waals surface area contributed by atoms with E-state index >= 15 is 0 Å². The molecule has 0 radical (unpaired) electrons. The highest BCUT2D eigenvalue weighted by molar-refractivity contribution is 7.99. The van der Waals surface area contributed by atoms with Gasteiger partial charge in [-0.25, -0.2) is 0 Å². The molecule has 0 saturated carbocycles. The average molecular weight is 311 g/mol. The Morgan fingerprint density at radius 3 is 2.81 bits per heavy atom. The molecule has 2 heterocycles. The van der Waals surface area contributed by atoms with Crippen LogP contribution < -0.4 is 0 Å². The van der Waals surface area contributed by atoms with Crippen LogP contribution in [0.2, 0.25) is 0 Å². The van der Waals surface area contributed by atoms with Crippen molar-refractivity contribution in [1.82, 2.24) is 14.8 Å². The van der Waals surface area contributed by atoms with Gasteiger partial charge in [-0.05, 0) is 26.8 Å². The van der Waals surface area contributed by atoms with E-state index in [2.05, 4.69) is 10.2 Å². The number of nitrogens with zero attached hydrogens (tertiary/aromatic N) is 3. The third-order valence-corrected chi connectivity index (χ3v) is 4.13. The molecule has 0 aliphatic heterocycles. The summed E-state index contributed by atoms with van der Waals surface area (Å²) in [7, 11) is 1.90. The van der Waals surface area contributed by atoms with Gasteiger partial charge in [-0.3, -0.25) is 0 Å². The maximum Gasteiger partial charge on any atom is 0.191 e. The highest BCUT2D eigenvalue weighted by Crippen LogP contribution is 2.26. The molecule has 7 heteroatoms. The van der Waals surface area contributed by atoms with Crippen LogP contribution in [0.25, 0.3) is 11.4 Å². The van der Waals surface area contributed by atoms with E-state index in [0.29, 0.717) is 12.4 Å². The largest absolute Gasteiger partial charge is 0.469 e. The summed E-state index contributed by atoms with van der Waals surface area (Å²) in [5.41, 5.74) is 0.931. The lowest BCUT2D eigenvalue weighted by Crippen LogP contribution is -2.20. The van der Waals surface area contributed by atoms with Crippen LogP contribution in [0.5, 0.6) is 0 Å². The van der Waals surface area contributed by atoms with Crippen LogP contribution in [0.3, 0.4) is 0 Å². The number of hydrogen-bond donors (Lipinski definition) is 1. The van der Waals surface area contributed by atoms with Gasteiger partial charge in [0.25, 0.3) is 0 Å². The van der Waals surface area contributed by atoms with E-state index < -0.39 is 6.10 Å². The zero-order valence-corrected chi connectivity index (χ0v) is 13.6. The van der Waals surface area contributed by atoms with Gasteiger partial charge >= 0.3 is 0 Å². The molecular formula is C14H21N3O3S. The fraction of sp³-hybridized carbons (Fsp3) is 0.571. The molecule has 1 atom stereocenters. The topological polar surface area (TPSA) is 73.3 Å². The van der Waals surface area contributed by atoms with Crippen LogP contribution in [-0.4, -0.2) is 44.4 Å². The highest BCUT2D eigenvalue weighted by Gasteiger charge is 2.16. The van der Waals surface area contributed by atoms with Crippen LogP contribution in [-0.2, 0) is 11.8 Å². The van der Waals surface area contributed by atoms with Crippen molar-refractivity contribution in [1.29, 1.82) is 0 Å². The van der Waals surface area contributed by atoms with E-state index in [9.17, 15) is 5.11 Å². The van der Waals surface area contributed by atoms with Gasteiger partial charge in [-0.2, -0.15) is 0 Å².